The molecule has 0 aliphatic rings. The molecule has 0 fully saturated rings. The van der Waals surface area contributed by atoms with Crippen molar-refractivity contribution in [3.05, 3.63) is 211 Å². The average molecular weight is 718 g/mol. The van der Waals surface area contributed by atoms with Crippen LogP contribution >= 0.6 is 0 Å². The van der Waals surface area contributed by atoms with Gasteiger partial charge in [0.15, 0.2) is 0 Å². The number of aryl methyl sites for hydroxylation is 2. The molecule has 0 aliphatic heterocycles. The molecule has 2 nitrogen and oxygen atoms in total. The van der Waals surface area contributed by atoms with E-state index in [2.05, 4.69) is 207 Å². The van der Waals surface area contributed by atoms with Crippen molar-refractivity contribution in [1.29, 1.82) is 0 Å². The van der Waals surface area contributed by atoms with Gasteiger partial charge in [0, 0.05) is 33.4 Å². The van der Waals surface area contributed by atoms with Crippen LogP contribution in [0.2, 0.25) is 0 Å². The summed E-state index contributed by atoms with van der Waals surface area (Å²) in [6.45, 7) is 4.44. The second-order valence-electron chi connectivity index (χ2n) is 14.6. The van der Waals surface area contributed by atoms with E-state index in [1.165, 1.54) is 55.3 Å². The summed E-state index contributed by atoms with van der Waals surface area (Å²) in [7, 11) is 0. The first kappa shape index (κ1) is 33.4. The van der Waals surface area contributed by atoms with Crippen LogP contribution in [0.25, 0.3) is 77.2 Å². The van der Waals surface area contributed by atoms with Gasteiger partial charge >= 0.3 is 0 Å². The summed E-state index contributed by atoms with van der Waals surface area (Å²) in [5.74, 6) is 0. The van der Waals surface area contributed by atoms with Gasteiger partial charge in [-0.1, -0.05) is 158 Å². The maximum absolute atomic E-state index is 6.42. The van der Waals surface area contributed by atoms with Crippen LogP contribution in [0.1, 0.15) is 11.1 Å². The minimum Gasteiger partial charge on any atom is -0.455 e. The van der Waals surface area contributed by atoms with Gasteiger partial charge in [-0.25, -0.2) is 0 Å². The van der Waals surface area contributed by atoms with Gasteiger partial charge in [-0.15, -0.1) is 0 Å². The van der Waals surface area contributed by atoms with Gasteiger partial charge in [-0.2, -0.15) is 0 Å². The first-order chi connectivity index (χ1) is 27.6. The number of rotatable bonds is 7. The monoisotopic (exact) mass is 717 g/mol. The summed E-state index contributed by atoms with van der Waals surface area (Å²) in [5, 5.41) is 4.81. The van der Waals surface area contributed by atoms with Gasteiger partial charge in [-0.05, 0) is 117 Å². The van der Waals surface area contributed by atoms with Crippen LogP contribution in [0.3, 0.4) is 0 Å². The lowest BCUT2D eigenvalue weighted by molar-refractivity contribution is 0.670. The van der Waals surface area contributed by atoms with E-state index in [9.17, 15) is 0 Å². The third kappa shape index (κ3) is 5.93. The number of hydrogen-bond acceptors (Lipinski definition) is 2. The van der Waals surface area contributed by atoms with Gasteiger partial charge in [0.1, 0.15) is 11.2 Å². The molecule has 0 spiro atoms. The summed E-state index contributed by atoms with van der Waals surface area (Å²) in [4.78, 5) is 2.40. The van der Waals surface area contributed by atoms with Gasteiger partial charge in [0.25, 0.3) is 0 Å². The minimum atomic E-state index is 0.909. The highest BCUT2D eigenvalue weighted by Crippen LogP contribution is 2.43. The molecule has 0 atom stereocenters. The third-order valence-electron chi connectivity index (χ3n) is 11.1. The summed E-state index contributed by atoms with van der Waals surface area (Å²) in [6, 6.07) is 72.0. The summed E-state index contributed by atoms with van der Waals surface area (Å²) in [6.07, 6.45) is 0. The molecule has 266 valence electrons. The zero-order chi connectivity index (χ0) is 37.6. The second-order valence-corrected chi connectivity index (χ2v) is 14.6. The largest absolute Gasteiger partial charge is 0.455 e. The van der Waals surface area contributed by atoms with Crippen molar-refractivity contribution in [1.82, 2.24) is 0 Å². The van der Waals surface area contributed by atoms with Crippen molar-refractivity contribution in [2.75, 3.05) is 4.90 Å². The van der Waals surface area contributed by atoms with E-state index >= 15 is 0 Å². The van der Waals surface area contributed by atoms with Crippen LogP contribution < -0.4 is 4.90 Å². The highest BCUT2D eigenvalue weighted by Gasteiger charge is 2.19. The van der Waals surface area contributed by atoms with Crippen molar-refractivity contribution in [3.63, 3.8) is 0 Å². The lowest BCUT2D eigenvalue weighted by atomic mass is 9.95. The Balaban J connectivity index is 1.04. The number of fused-ring (bicyclic) bond motifs is 4. The van der Waals surface area contributed by atoms with E-state index in [0.29, 0.717) is 0 Å². The molecule has 0 amide bonds. The predicted molar refractivity (Wildman–Crippen MR) is 237 cm³/mol. The highest BCUT2D eigenvalue weighted by atomic mass is 16.3. The topological polar surface area (TPSA) is 16.4 Å². The van der Waals surface area contributed by atoms with E-state index in [-0.39, 0.29) is 0 Å². The lowest BCUT2D eigenvalue weighted by Gasteiger charge is -2.29. The number of nitrogens with zero attached hydrogens (tertiary/aromatic N) is 1. The SMILES string of the molecule is Cc1cc(-c2ccccc2)ccc1N(c1ccc(-c2cccc3c2oc2ccccc23)cc1)c1ccc(-c2ccc(-c3cccc4ccccc34)cc2)cc1C. The Kier molecular flexibility index (Phi) is 8.30. The predicted octanol–water partition coefficient (Wildman–Crippen LogP) is 15.5. The van der Waals surface area contributed by atoms with Crippen LogP contribution in [0, 0.1) is 13.8 Å². The molecule has 1 heterocycles. The summed E-state index contributed by atoms with van der Waals surface area (Å²) < 4.78 is 6.42. The number of anilines is 3. The number of furan rings is 1. The Bertz CT molecular complexity index is 3020. The second kappa shape index (κ2) is 13.9. The fourth-order valence-corrected chi connectivity index (χ4v) is 8.29. The molecule has 9 aromatic carbocycles. The Morgan fingerprint density at radius 3 is 1.57 bits per heavy atom. The quantitative estimate of drug-likeness (QED) is 0.163. The molecular formula is C54H39NO. The van der Waals surface area contributed by atoms with Crippen LogP contribution in [-0.2, 0) is 0 Å². The Morgan fingerprint density at radius 2 is 0.857 bits per heavy atom. The van der Waals surface area contributed by atoms with Crippen LogP contribution in [-0.4, -0.2) is 0 Å². The molecular weight excluding hydrogens is 679 g/mol. The fourth-order valence-electron chi connectivity index (χ4n) is 8.29. The van der Waals surface area contributed by atoms with Gasteiger partial charge in [0.2, 0.25) is 0 Å². The molecule has 1 aromatic heterocycles. The number of hydrogen-bond donors (Lipinski definition) is 0. The fraction of sp³-hybridized carbons (Fsp3) is 0.0370. The van der Waals surface area contributed by atoms with E-state index < -0.39 is 0 Å². The minimum absolute atomic E-state index is 0.909. The molecule has 0 unspecified atom stereocenters. The molecule has 0 radical (unpaired) electrons. The molecule has 56 heavy (non-hydrogen) atoms. The maximum atomic E-state index is 6.42. The van der Waals surface area contributed by atoms with Crippen molar-refractivity contribution in [3.8, 4) is 44.5 Å². The van der Waals surface area contributed by atoms with Crippen LogP contribution in [0.4, 0.5) is 17.1 Å². The molecule has 2 heteroatoms. The Hall–Kier alpha value is -7.16. The van der Waals surface area contributed by atoms with Crippen molar-refractivity contribution >= 4 is 49.8 Å². The third-order valence-corrected chi connectivity index (χ3v) is 11.1. The zero-order valence-corrected chi connectivity index (χ0v) is 31.4. The van der Waals surface area contributed by atoms with Crippen LogP contribution in [0.5, 0.6) is 0 Å². The normalized spacial score (nSPS) is 11.4. The smallest absolute Gasteiger partial charge is 0.143 e. The number of para-hydroxylation sites is 2. The van der Waals surface area contributed by atoms with Crippen LogP contribution in [0.15, 0.2) is 205 Å². The first-order valence-electron chi connectivity index (χ1n) is 19.3. The molecule has 0 saturated carbocycles. The van der Waals surface area contributed by atoms with E-state index in [4.69, 9.17) is 4.42 Å². The standard InChI is InChI=1S/C54H39NO/c1-36-34-43(38-12-4-3-5-13-38)28-32-51(36)55(45-30-26-42(27-31-45)48-19-11-20-50-49-17-8-9-21-53(49)56-54(48)50)52-33-29-44(35-37(52)2)39-22-24-41(25-23-39)47-18-10-15-40-14-6-7-16-46(40)47/h3-35H,1-2H3. The van der Waals surface area contributed by atoms with Crippen molar-refractivity contribution in [2.24, 2.45) is 0 Å². The molecule has 0 N–H and O–H groups in total. The summed E-state index contributed by atoms with van der Waals surface area (Å²) >= 11 is 0. The van der Waals surface area contributed by atoms with Crippen molar-refractivity contribution < 1.29 is 4.42 Å². The summed E-state index contributed by atoms with van der Waals surface area (Å²) in [5.41, 5.74) is 17.1. The Morgan fingerprint density at radius 1 is 0.357 bits per heavy atom. The Labute approximate surface area is 327 Å². The molecule has 0 saturated heterocycles. The average Bonchev–Trinajstić information content (AvgIpc) is 3.64. The van der Waals surface area contributed by atoms with E-state index in [0.717, 1.165) is 50.1 Å². The van der Waals surface area contributed by atoms with Gasteiger partial charge < -0.3 is 9.32 Å². The van der Waals surface area contributed by atoms with E-state index in [1.807, 2.05) is 12.1 Å². The number of benzene rings is 9. The van der Waals surface area contributed by atoms with Gasteiger partial charge in [0.05, 0.1) is 0 Å². The highest BCUT2D eigenvalue weighted by molar-refractivity contribution is 6.09. The molecule has 10 rings (SSSR count). The molecule has 0 aliphatic carbocycles. The first-order valence-corrected chi connectivity index (χ1v) is 19.3. The molecule has 10 aromatic rings. The zero-order valence-electron chi connectivity index (χ0n) is 31.4. The van der Waals surface area contributed by atoms with Crippen molar-refractivity contribution in [2.45, 2.75) is 13.8 Å². The maximum Gasteiger partial charge on any atom is 0.143 e. The van der Waals surface area contributed by atoms with E-state index in [1.54, 1.807) is 0 Å². The lowest BCUT2D eigenvalue weighted by Crippen LogP contribution is -2.12. The molecule has 0 bridgehead atoms. The van der Waals surface area contributed by atoms with Gasteiger partial charge in [-0.3, -0.25) is 0 Å².